The molecule has 5 heteroatoms. The van der Waals surface area contributed by atoms with Crippen LogP contribution in [-0.4, -0.2) is 51.0 Å². The molecule has 1 aliphatic heterocycles. The molecule has 1 saturated heterocycles. The number of guanidine groups is 1. The minimum absolute atomic E-state index is 0.0472. The van der Waals surface area contributed by atoms with Crippen molar-refractivity contribution in [1.29, 1.82) is 0 Å². The predicted octanol–water partition coefficient (Wildman–Crippen LogP) is 2.46. The van der Waals surface area contributed by atoms with Gasteiger partial charge in [0, 0.05) is 26.7 Å². The quantitative estimate of drug-likeness (QED) is 0.342. The second-order valence-electron chi connectivity index (χ2n) is 6.74. The second kappa shape index (κ2) is 9.36. The Morgan fingerprint density at radius 1 is 1.18 bits per heavy atom. The van der Waals surface area contributed by atoms with Crippen LogP contribution in [0.5, 0.6) is 0 Å². The van der Waals surface area contributed by atoms with Crippen molar-refractivity contribution in [2.75, 3.05) is 33.4 Å². The molecule has 2 N–H and O–H groups in total. The van der Waals surface area contributed by atoms with Gasteiger partial charge >= 0.3 is 0 Å². The molecular weight excluding hydrogens is 278 g/mol. The maximum absolute atomic E-state index is 5.99. The smallest absolute Gasteiger partial charge is 0.191 e. The number of hydrogen-bond acceptors (Lipinski definition) is 3. The molecule has 1 aliphatic carbocycles. The molecule has 2 rings (SSSR count). The van der Waals surface area contributed by atoms with E-state index >= 15 is 0 Å². The fourth-order valence-electron chi connectivity index (χ4n) is 3.27. The fraction of sp³-hybridized carbons (Fsp3) is 0.941. The van der Waals surface area contributed by atoms with E-state index in [0.29, 0.717) is 6.10 Å². The molecule has 0 amide bonds. The third kappa shape index (κ3) is 6.13. The summed E-state index contributed by atoms with van der Waals surface area (Å²) in [5.41, 5.74) is -0.0472. The highest BCUT2D eigenvalue weighted by molar-refractivity contribution is 5.79. The van der Waals surface area contributed by atoms with Crippen molar-refractivity contribution in [3.05, 3.63) is 0 Å². The molecule has 0 aromatic rings. The summed E-state index contributed by atoms with van der Waals surface area (Å²) in [6.07, 6.45) is 10.6. The highest BCUT2D eigenvalue weighted by atomic mass is 16.5. The average Bonchev–Trinajstić information content (AvgIpc) is 2.80. The molecule has 0 aromatic heterocycles. The molecule has 128 valence electrons. The van der Waals surface area contributed by atoms with Gasteiger partial charge in [-0.3, -0.25) is 4.99 Å². The van der Waals surface area contributed by atoms with Gasteiger partial charge in [-0.15, -0.1) is 0 Å². The van der Waals surface area contributed by atoms with Crippen molar-refractivity contribution < 1.29 is 9.47 Å². The zero-order valence-electron chi connectivity index (χ0n) is 14.3. The maximum atomic E-state index is 5.99. The summed E-state index contributed by atoms with van der Waals surface area (Å²) in [5.74, 6) is 0.834. The molecule has 1 atom stereocenters. The largest absolute Gasteiger partial charge is 0.376 e. The van der Waals surface area contributed by atoms with Crippen LogP contribution in [0, 0.1) is 0 Å². The number of aliphatic imine (C=N–C) groups is 1. The second-order valence-corrected chi connectivity index (χ2v) is 6.74. The van der Waals surface area contributed by atoms with Crippen LogP contribution in [-0.2, 0) is 9.47 Å². The monoisotopic (exact) mass is 311 g/mol. The molecule has 5 nitrogen and oxygen atoms in total. The lowest BCUT2D eigenvalue weighted by atomic mass is 10.0. The van der Waals surface area contributed by atoms with Crippen LogP contribution in [0.2, 0.25) is 0 Å². The maximum Gasteiger partial charge on any atom is 0.191 e. The summed E-state index contributed by atoms with van der Waals surface area (Å²) in [6.45, 7) is 5.39. The molecule has 0 bridgehead atoms. The fourth-order valence-corrected chi connectivity index (χ4v) is 3.27. The van der Waals surface area contributed by atoms with Gasteiger partial charge in [0.15, 0.2) is 5.96 Å². The number of rotatable bonds is 6. The first-order chi connectivity index (χ1) is 10.7. The SMILES string of the molecule is CN=C(NCCOC1CCCCCC1)NCC1(C)CCCO1. The van der Waals surface area contributed by atoms with Gasteiger partial charge in [-0.25, -0.2) is 0 Å². The van der Waals surface area contributed by atoms with Gasteiger partial charge in [0.2, 0.25) is 0 Å². The Hall–Kier alpha value is -0.810. The van der Waals surface area contributed by atoms with E-state index < -0.39 is 0 Å². The van der Waals surface area contributed by atoms with Crippen molar-refractivity contribution in [3.8, 4) is 0 Å². The highest BCUT2D eigenvalue weighted by Gasteiger charge is 2.29. The minimum atomic E-state index is -0.0472. The number of hydrogen-bond donors (Lipinski definition) is 2. The Morgan fingerprint density at radius 3 is 2.59 bits per heavy atom. The molecule has 1 saturated carbocycles. The highest BCUT2D eigenvalue weighted by Crippen LogP contribution is 2.23. The first kappa shape index (κ1) is 17.5. The zero-order chi connectivity index (χ0) is 15.7. The Labute approximate surface area is 135 Å². The van der Waals surface area contributed by atoms with Crippen molar-refractivity contribution in [3.63, 3.8) is 0 Å². The van der Waals surface area contributed by atoms with Gasteiger partial charge in [0.05, 0.1) is 18.3 Å². The summed E-state index contributed by atoms with van der Waals surface area (Å²) >= 11 is 0. The van der Waals surface area contributed by atoms with Crippen LogP contribution in [0.25, 0.3) is 0 Å². The summed E-state index contributed by atoms with van der Waals surface area (Å²) < 4.78 is 11.8. The average molecular weight is 311 g/mol. The molecule has 0 radical (unpaired) electrons. The van der Waals surface area contributed by atoms with Crippen LogP contribution in [0.15, 0.2) is 4.99 Å². The molecule has 2 aliphatic rings. The van der Waals surface area contributed by atoms with Crippen LogP contribution >= 0.6 is 0 Å². The number of ether oxygens (including phenoxy) is 2. The Balaban J connectivity index is 1.57. The summed E-state index contributed by atoms with van der Waals surface area (Å²) in [7, 11) is 1.80. The molecule has 2 fully saturated rings. The van der Waals surface area contributed by atoms with Crippen LogP contribution in [0.1, 0.15) is 58.3 Å². The normalized spacial score (nSPS) is 27.6. The first-order valence-corrected chi connectivity index (χ1v) is 8.92. The predicted molar refractivity (Wildman–Crippen MR) is 90.4 cm³/mol. The van der Waals surface area contributed by atoms with Gasteiger partial charge in [0.25, 0.3) is 0 Å². The molecule has 0 aromatic carbocycles. The van der Waals surface area contributed by atoms with Gasteiger partial charge in [0.1, 0.15) is 0 Å². The standard InChI is InChI=1S/C17H33N3O2/c1-17(10-7-12-22-17)14-20-16(18-2)19-11-13-21-15-8-5-3-4-6-9-15/h15H,3-14H2,1-2H3,(H2,18,19,20). The van der Waals surface area contributed by atoms with E-state index in [1.807, 2.05) is 0 Å². The molecule has 1 unspecified atom stereocenters. The van der Waals surface area contributed by atoms with Crippen LogP contribution in [0.4, 0.5) is 0 Å². The van der Waals surface area contributed by atoms with E-state index in [2.05, 4.69) is 22.5 Å². The van der Waals surface area contributed by atoms with Crippen LogP contribution in [0.3, 0.4) is 0 Å². The number of nitrogens with zero attached hydrogens (tertiary/aromatic N) is 1. The van der Waals surface area contributed by atoms with Crippen molar-refractivity contribution >= 4 is 5.96 Å². The van der Waals surface area contributed by atoms with E-state index in [1.54, 1.807) is 7.05 Å². The molecule has 22 heavy (non-hydrogen) atoms. The summed E-state index contributed by atoms with van der Waals surface area (Å²) in [4.78, 5) is 4.26. The topological polar surface area (TPSA) is 54.9 Å². The lowest BCUT2D eigenvalue weighted by molar-refractivity contribution is 0.0241. The third-order valence-electron chi connectivity index (χ3n) is 4.70. The van der Waals surface area contributed by atoms with E-state index in [4.69, 9.17) is 9.47 Å². The van der Waals surface area contributed by atoms with Crippen molar-refractivity contribution in [2.24, 2.45) is 4.99 Å². The van der Waals surface area contributed by atoms with Gasteiger partial charge in [-0.2, -0.15) is 0 Å². The molecule has 0 spiro atoms. The van der Waals surface area contributed by atoms with E-state index in [0.717, 1.165) is 45.1 Å². The van der Waals surface area contributed by atoms with Crippen molar-refractivity contribution in [1.82, 2.24) is 10.6 Å². The molecular formula is C17H33N3O2. The molecule has 1 heterocycles. The van der Waals surface area contributed by atoms with Gasteiger partial charge < -0.3 is 20.1 Å². The van der Waals surface area contributed by atoms with Gasteiger partial charge in [-0.05, 0) is 32.6 Å². The Kier molecular flexibility index (Phi) is 7.46. The zero-order valence-corrected chi connectivity index (χ0v) is 14.3. The van der Waals surface area contributed by atoms with Gasteiger partial charge in [-0.1, -0.05) is 25.7 Å². The lowest BCUT2D eigenvalue weighted by Gasteiger charge is -2.24. The van der Waals surface area contributed by atoms with E-state index in [1.165, 1.54) is 38.5 Å². The first-order valence-electron chi connectivity index (χ1n) is 8.92. The van der Waals surface area contributed by atoms with Crippen molar-refractivity contribution in [2.45, 2.75) is 70.0 Å². The summed E-state index contributed by atoms with van der Waals surface area (Å²) in [5, 5.41) is 6.68. The van der Waals surface area contributed by atoms with E-state index in [9.17, 15) is 0 Å². The third-order valence-corrected chi connectivity index (χ3v) is 4.70. The lowest BCUT2D eigenvalue weighted by Crippen LogP contribution is -2.46. The Bertz CT molecular complexity index is 333. The summed E-state index contributed by atoms with van der Waals surface area (Å²) in [6, 6.07) is 0. The number of nitrogens with one attached hydrogen (secondary N) is 2. The van der Waals surface area contributed by atoms with E-state index in [-0.39, 0.29) is 5.60 Å². The van der Waals surface area contributed by atoms with Crippen LogP contribution < -0.4 is 10.6 Å². The minimum Gasteiger partial charge on any atom is -0.376 e. The Morgan fingerprint density at radius 2 is 1.95 bits per heavy atom.